The monoisotopic (exact) mass is 432 g/mol. The van der Waals surface area contributed by atoms with Gasteiger partial charge in [0, 0.05) is 30.7 Å². The molecule has 0 spiro atoms. The molecule has 0 unspecified atom stereocenters. The average Bonchev–Trinajstić information content (AvgIpc) is 2.70. The van der Waals surface area contributed by atoms with E-state index in [2.05, 4.69) is 9.97 Å². The first-order valence-electron chi connectivity index (χ1n) is 9.67. The zero-order valence-corrected chi connectivity index (χ0v) is 16.8. The summed E-state index contributed by atoms with van der Waals surface area (Å²) in [6.45, 7) is 4.53. The summed E-state index contributed by atoms with van der Waals surface area (Å²) in [5, 5.41) is 0.361. The lowest BCUT2D eigenvalue weighted by Crippen LogP contribution is -2.56. The van der Waals surface area contributed by atoms with Crippen molar-refractivity contribution < 1.29 is 22.7 Å². The average molecular weight is 432 g/mol. The van der Waals surface area contributed by atoms with Crippen LogP contribution in [0.2, 0.25) is 0 Å². The molecule has 0 aliphatic carbocycles. The molecule has 7 nitrogen and oxygen atoms in total. The van der Waals surface area contributed by atoms with Crippen LogP contribution < -0.4 is 10.2 Å². The van der Waals surface area contributed by atoms with E-state index in [1.807, 2.05) is 13.8 Å². The summed E-state index contributed by atoms with van der Waals surface area (Å²) in [6, 6.07) is 5.05. The molecule has 1 saturated heterocycles. The number of aromatic nitrogens is 3. The molecule has 4 heterocycles. The fraction of sp³-hybridized carbons (Fsp3) is 0.333. The smallest absolute Gasteiger partial charge is 0.416 e. The zero-order valence-electron chi connectivity index (χ0n) is 16.8. The molecule has 3 aromatic rings. The predicted molar refractivity (Wildman–Crippen MR) is 106 cm³/mol. The van der Waals surface area contributed by atoms with Crippen molar-refractivity contribution in [2.45, 2.75) is 32.7 Å². The molecular formula is C21H19F3N4O3. The molecule has 4 rings (SSSR count). The molecule has 0 N–H and O–H groups in total. The quantitative estimate of drug-likeness (QED) is 0.634. The minimum atomic E-state index is -4.49. The maximum absolute atomic E-state index is 12.9. The van der Waals surface area contributed by atoms with Crippen molar-refractivity contribution in [3.05, 3.63) is 63.7 Å². The molecule has 162 valence electrons. The van der Waals surface area contributed by atoms with Gasteiger partial charge in [0.05, 0.1) is 24.0 Å². The lowest BCUT2D eigenvalue weighted by atomic mass is 10.1. The number of rotatable bonds is 4. The summed E-state index contributed by atoms with van der Waals surface area (Å²) < 4.78 is 45.7. The third kappa shape index (κ3) is 3.97. The van der Waals surface area contributed by atoms with Gasteiger partial charge in [-0.05, 0) is 32.0 Å². The van der Waals surface area contributed by atoms with E-state index in [1.165, 1.54) is 11.1 Å². The molecule has 1 amide bonds. The Balaban J connectivity index is 1.50. The van der Waals surface area contributed by atoms with Crippen molar-refractivity contribution in [3.8, 4) is 5.88 Å². The van der Waals surface area contributed by atoms with Crippen molar-refractivity contribution in [3.63, 3.8) is 0 Å². The summed E-state index contributed by atoms with van der Waals surface area (Å²) in [5.74, 6) is -0.612. The van der Waals surface area contributed by atoms with Gasteiger partial charge in [-0.25, -0.2) is 9.97 Å². The molecule has 0 atom stereocenters. The topological polar surface area (TPSA) is 77.3 Å². The standard InChI is InChI=1S/C21H19F3N4O3/c1-3-27-11-16(18(29)15-5-4-12(2)26-19(15)27)20(30)28-9-14(10-28)31-17-8-13(6-7-25-17)21(22,23)24/h4-8,11,14H,3,9-10H2,1-2H3. The SMILES string of the molecule is CCn1cc(C(=O)N2CC(Oc3cc(C(F)(F)F)ccn3)C2)c(=O)c2ccc(C)nc21. The van der Waals surface area contributed by atoms with Crippen LogP contribution in [0, 0.1) is 6.92 Å². The van der Waals surface area contributed by atoms with Crippen LogP contribution >= 0.6 is 0 Å². The number of aryl methyl sites for hydroxylation is 2. The second-order valence-electron chi connectivity index (χ2n) is 7.31. The van der Waals surface area contributed by atoms with E-state index in [1.54, 1.807) is 16.7 Å². The van der Waals surface area contributed by atoms with Crippen LogP contribution in [0.15, 0.2) is 41.5 Å². The van der Waals surface area contributed by atoms with Crippen molar-refractivity contribution in [1.29, 1.82) is 0 Å². The predicted octanol–water partition coefficient (Wildman–Crippen LogP) is 3.04. The van der Waals surface area contributed by atoms with Crippen LogP contribution in [-0.4, -0.2) is 44.5 Å². The maximum Gasteiger partial charge on any atom is 0.416 e. The number of carbonyl (C=O) groups is 1. The molecule has 0 aromatic carbocycles. The molecule has 0 radical (unpaired) electrons. The van der Waals surface area contributed by atoms with Crippen LogP contribution in [0.5, 0.6) is 5.88 Å². The largest absolute Gasteiger partial charge is 0.471 e. The summed E-state index contributed by atoms with van der Waals surface area (Å²) in [6.07, 6.45) is -2.47. The van der Waals surface area contributed by atoms with Crippen LogP contribution in [-0.2, 0) is 12.7 Å². The van der Waals surface area contributed by atoms with Crippen LogP contribution in [0.1, 0.15) is 28.5 Å². The van der Waals surface area contributed by atoms with Crippen LogP contribution in [0.3, 0.4) is 0 Å². The highest BCUT2D eigenvalue weighted by Gasteiger charge is 2.36. The summed E-state index contributed by atoms with van der Waals surface area (Å²) in [4.78, 5) is 35.3. The number of halogens is 3. The van der Waals surface area contributed by atoms with E-state index >= 15 is 0 Å². The van der Waals surface area contributed by atoms with Crippen LogP contribution in [0.4, 0.5) is 13.2 Å². The third-order valence-electron chi connectivity index (χ3n) is 5.12. The fourth-order valence-corrected chi connectivity index (χ4v) is 3.42. The van der Waals surface area contributed by atoms with Gasteiger partial charge in [0.1, 0.15) is 17.3 Å². The first-order chi connectivity index (χ1) is 14.7. The van der Waals surface area contributed by atoms with E-state index in [0.717, 1.165) is 24.0 Å². The number of alkyl halides is 3. The lowest BCUT2D eigenvalue weighted by molar-refractivity contribution is -0.137. The molecule has 3 aromatic heterocycles. The van der Waals surface area contributed by atoms with Crippen LogP contribution in [0.25, 0.3) is 11.0 Å². The number of fused-ring (bicyclic) bond motifs is 1. The Morgan fingerprint density at radius 1 is 1.26 bits per heavy atom. The Morgan fingerprint density at radius 2 is 2.00 bits per heavy atom. The summed E-state index contributed by atoms with van der Waals surface area (Å²) in [5.41, 5.74) is 0.0465. The molecule has 1 aliphatic heterocycles. The molecule has 1 aliphatic rings. The number of nitrogens with zero attached hydrogens (tertiary/aromatic N) is 4. The number of carbonyl (C=O) groups excluding carboxylic acids is 1. The minimum Gasteiger partial charge on any atom is -0.471 e. The minimum absolute atomic E-state index is 0.0237. The van der Waals surface area contributed by atoms with E-state index in [4.69, 9.17) is 4.74 Å². The number of pyridine rings is 3. The highest BCUT2D eigenvalue weighted by Crippen LogP contribution is 2.31. The molecule has 31 heavy (non-hydrogen) atoms. The number of ether oxygens (including phenoxy) is 1. The van der Waals surface area contributed by atoms with Gasteiger partial charge in [-0.1, -0.05) is 0 Å². The third-order valence-corrected chi connectivity index (χ3v) is 5.12. The number of likely N-dealkylation sites (tertiary alicyclic amines) is 1. The summed E-state index contributed by atoms with van der Waals surface area (Å²) >= 11 is 0. The normalized spacial score (nSPS) is 14.5. The van der Waals surface area contributed by atoms with Gasteiger partial charge in [-0.15, -0.1) is 0 Å². The van der Waals surface area contributed by atoms with Gasteiger partial charge in [-0.2, -0.15) is 13.2 Å². The Hall–Kier alpha value is -3.43. The van der Waals surface area contributed by atoms with Gasteiger partial charge in [0.2, 0.25) is 11.3 Å². The second kappa shape index (κ2) is 7.68. The lowest BCUT2D eigenvalue weighted by Gasteiger charge is -2.38. The van der Waals surface area contributed by atoms with Gasteiger partial charge < -0.3 is 14.2 Å². The highest BCUT2D eigenvalue weighted by atomic mass is 19.4. The first kappa shape index (κ1) is 20.8. The number of hydrogen-bond acceptors (Lipinski definition) is 5. The van der Waals surface area contributed by atoms with E-state index < -0.39 is 29.2 Å². The van der Waals surface area contributed by atoms with Crippen molar-refractivity contribution in [2.75, 3.05) is 13.1 Å². The summed E-state index contributed by atoms with van der Waals surface area (Å²) in [7, 11) is 0. The highest BCUT2D eigenvalue weighted by molar-refractivity contribution is 5.97. The maximum atomic E-state index is 12.9. The Bertz CT molecular complexity index is 1220. The molecule has 10 heteroatoms. The van der Waals surface area contributed by atoms with E-state index in [9.17, 15) is 22.8 Å². The molecular weight excluding hydrogens is 413 g/mol. The molecule has 0 saturated carbocycles. The molecule has 0 bridgehead atoms. The number of hydrogen-bond donors (Lipinski definition) is 0. The van der Waals surface area contributed by atoms with Crippen molar-refractivity contribution >= 4 is 16.9 Å². The Morgan fingerprint density at radius 3 is 2.68 bits per heavy atom. The van der Waals surface area contributed by atoms with Crippen molar-refractivity contribution in [1.82, 2.24) is 19.4 Å². The zero-order chi connectivity index (χ0) is 22.3. The van der Waals surface area contributed by atoms with Gasteiger partial charge in [0.15, 0.2) is 0 Å². The Kier molecular flexibility index (Phi) is 5.16. The van der Waals surface area contributed by atoms with Crippen molar-refractivity contribution in [2.24, 2.45) is 0 Å². The van der Waals surface area contributed by atoms with Gasteiger partial charge >= 0.3 is 6.18 Å². The van der Waals surface area contributed by atoms with Gasteiger partial charge in [-0.3, -0.25) is 9.59 Å². The van der Waals surface area contributed by atoms with E-state index in [-0.39, 0.29) is 24.5 Å². The Labute approximate surface area is 175 Å². The van der Waals surface area contributed by atoms with E-state index in [0.29, 0.717) is 17.6 Å². The second-order valence-corrected chi connectivity index (χ2v) is 7.31. The fourth-order valence-electron chi connectivity index (χ4n) is 3.42. The number of amides is 1. The van der Waals surface area contributed by atoms with Gasteiger partial charge in [0.25, 0.3) is 5.91 Å². The first-order valence-corrected chi connectivity index (χ1v) is 9.67. The molecule has 1 fully saturated rings.